The third kappa shape index (κ3) is 12.7. The molecule has 1 heterocycles. The molecule has 0 fully saturated rings. The van der Waals surface area contributed by atoms with Gasteiger partial charge in [0, 0.05) is 24.8 Å². The van der Waals surface area contributed by atoms with Gasteiger partial charge in [-0.25, -0.2) is 0 Å². The Morgan fingerprint density at radius 1 is 0.647 bits per heavy atom. The largest absolute Gasteiger partial charge is 0.299 e. The summed E-state index contributed by atoms with van der Waals surface area (Å²) in [5.41, 5.74) is 3.62. The minimum absolute atomic E-state index is 0.737. The SMILES string of the molecule is CCCCCCCCCCCCCCCCN(CCc1ccccc1-c1ccccn1)OCC. The number of hydroxylamine groups is 2. The van der Waals surface area contributed by atoms with Gasteiger partial charge in [-0.3, -0.25) is 9.82 Å². The molecule has 1 aromatic heterocycles. The summed E-state index contributed by atoms with van der Waals surface area (Å²) < 4.78 is 0. The molecule has 0 aliphatic heterocycles. The molecule has 0 amide bonds. The third-order valence-electron chi connectivity index (χ3n) is 6.66. The van der Waals surface area contributed by atoms with Crippen LogP contribution in [-0.4, -0.2) is 29.7 Å². The summed E-state index contributed by atoms with van der Waals surface area (Å²) in [6.07, 6.45) is 22.4. The number of unbranched alkanes of at least 4 members (excludes halogenated alkanes) is 13. The molecule has 0 atom stereocenters. The molecule has 0 N–H and O–H groups in total. The van der Waals surface area contributed by atoms with Gasteiger partial charge in [0.25, 0.3) is 0 Å². The van der Waals surface area contributed by atoms with Gasteiger partial charge in [-0.1, -0.05) is 121 Å². The Morgan fingerprint density at radius 2 is 1.24 bits per heavy atom. The number of pyridine rings is 1. The maximum atomic E-state index is 5.94. The van der Waals surface area contributed by atoms with Gasteiger partial charge in [-0.15, -0.1) is 0 Å². The lowest BCUT2D eigenvalue weighted by atomic mass is 10.0. The van der Waals surface area contributed by atoms with Crippen molar-refractivity contribution in [3.63, 3.8) is 0 Å². The summed E-state index contributed by atoms with van der Waals surface area (Å²) in [6, 6.07) is 14.7. The minimum Gasteiger partial charge on any atom is -0.299 e. The molecule has 0 aliphatic carbocycles. The monoisotopic (exact) mass is 466 g/mol. The Bertz CT molecular complexity index is 718. The van der Waals surface area contributed by atoms with Crippen LogP contribution in [0, 0.1) is 0 Å². The first-order valence-electron chi connectivity index (χ1n) is 14.2. The van der Waals surface area contributed by atoms with E-state index in [4.69, 9.17) is 4.84 Å². The second kappa shape index (κ2) is 19.6. The maximum Gasteiger partial charge on any atom is 0.0704 e. The Hall–Kier alpha value is -1.71. The van der Waals surface area contributed by atoms with Crippen molar-refractivity contribution in [1.82, 2.24) is 10.0 Å². The van der Waals surface area contributed by atoms with Crippen molar-refractivity contribution in [2.75, 3.05) is 19.7 Å². The van der Waals surface area contributed by atoms with E-state index < -0.39 is 0 Å². The number of aromatic nitrogens is 1. The van der Waals surface area contributed by atoms with E-state index in [1.54, 1.807) is 0 Å². The molecule has 190 valence electrons. The van der Waals surface area contributed by atoms with Crippen LogP contribution in [0.3, 0.4) is 0 Å². The lowest BCUT2D eigenvalue weighted by molar-refractivity contribution is -0.154. The summed E-state index contributed by atoms with van der Waals surface area (Å²) in [5.74, 6) is 0. The second-order valence-corrected chi connectivity index (χ2v) is 9.57. The summed E-state index contributed by atoms with van der Waals surface area (Å²) in [5, 5.41) is 2.18. The summed E-state index contributed by atoms with van der Waals surface area (Å²) in [6.45, 7) is 7.06. The van der Waals surface area contributed by atoms with E-state index in [-0.39, 0.29) is 0 Å². The molecule has 0 spiro atoms. The van der Waals surface area contributed by atoms with Crippen LogP contribution in [0.25, 0.3) is 11.3 Å². The fourth-order valence-corrected chi connectivity index (χ4v) is 4.66. The Labute approximate surface area is 210 Å². The fraction of sp³-hybridized carbons (Fsp3) is 0.645. The van der Waals surface area contributed by atoms with Crippen LogP contribution in [-0.2, 0) is 11.3 Å². The molecule has 0 radical (unpaired) electrons. The highest BCUT2D eigenvalue weighted by molar-refractivity contribution is 5.63. The van der Waals surface area contributed by atoms with Gasteiger partial charge in [0.2, 0.25) is 0 Å². The van der Waals surface area contributed by atoms with E-state index in [1.165, 1.54) is 101 Å². The molecule has 0 saturated heterocycles. The van der Waals surface area contributed by atoms with Crippen LogP contribution < -0.4 is 0 Å². The lowest BCUT2D eigenvalue weighted by Gasteiger charge is -2.21. The van der Waals surface area contributed by atoms with Crippen molar-refractivity contribution in [2.24, 2.45) is 0 Å². The summed E-state index contributed by atoms with van der Waals surface area (Å²) >= 11 is 0. The van der Waals surface area contributed by atoms with Crippen molar-refractivity contribution in [3.8, 4) is 11.3 Å². The minimum atomic E-state index is 0.737. The van der Waals surface area contributed by atoms with E-state index in [0.29, 0.717) is 0 Å². The van der Waals surface area contributed by atoms with Crippen LogP contribution in [0.1, 0.15) is 109 Å². The van der Waals surface area contributed by atoms with Crippen LogP contribution in [0.15, 0.2) is 48.7 Å². The van der Waals surface area contributed by atoms with Gasteiger partial charge in [-0.05, 0) is 37.5 Å². The number of nitrogens with zero attached hydrogens (tertiary/aromatic N) is 2. The molecular weight excluding hydrogens is 416 g/mol. The smallest absolute Gasteiger partial charge is 0.0704 e. The van der Waals surface area contributed by atoms with Crippen LogP contribution in [0.4, 0.5) is 0 Å². The van der Waals surface area contributed by atoms with Crippen LogP contribution >= 0.6 is 0 Å². The first-order chi connectivity index (χ1) is 16.8. The summed E-state index contributed by atoms with van der Waals surface area (Å²) in [4.78, 5) is 10.5. The molecular formula is C31H50N2O. The quantitative estimate of drug-likeness (QED) is 0.135. The van der Waals surface area contributed by atoms with Gasteiger partial charge in [0.15, 0.2) is 0 Å². The first-order valence-corrected chi connectivity index (χ1v) is 14.2. The molecule has 2 aromatic rings. The van der Waals surface area contributed by atoms with E-state index in [2.05, 4.69) is 60.3 Å². The average Bonchev–Trinajstić information content (AvgIpc) is 2.88. The van der Waals surface area contributed by atoms with Crippen molar-refractivity contribution >= 4 is 0 Å². The zero-order chi connectivity index (χ0) is 24.1. The van der Waals surface area contributed by atoms with Gasteiger partial charge < -0.3 is 0 Å². The molecule has 3 nitrogen and oxygen atoms in total. The lowest BCUT2D eigenvalue weighted by Crippen LogP contribution is -2.27. The molecule has 0 saturated carbocycles. The molecule has 34 heavy (non-hydrogen) atoms. The maximum absolute atomic E-state index is 5.94. The highest BCUT2D eigenvalue weighted by Gasteiger charge is 2.09. The molecule has 0 unspecified atom stereocenters. The van der Waals surface area contributed by atoms with E-state index in [1.807, 2.05) is 12.3 Å². The topological polar surface area (TPSA) is 25.4 Å². The second-order valence-electron chi connectivity index (χ2n) is 9.57. The van der Waals surface area contributed by atoms with E-state index in [0.717, 1.165) is 31.8 Å². The van der Waals surface area contributed by atoms with Gasteiger partial charge in [-0.2, -0.15) is 5.06 Å². The van der Waals surface area contributed by atoms with E-state index >= 15 is 0 Å². The van der Waals surface area contributed by atoms with Crippen LogP contribution in [0.5, 0.6) is 0 Å². The van der Waals surface area contributed by atoms with Crippen molar-refractivity contribution < 1.29 is 4.84 Å². The fourth-order valence-electron chi connectivity index (χ4n) is 4.66. The van der Waals surface area contributed by atoms with Gasteiger partial charge in [0.05, 0.1) is 12.3 Å². The Morgan fingerprint density at radius 3 is 1.82 bits per heavy atom. The van der Waals surface area contributed by atoms with Gasteiger partial charge in [0.1, 0.15) is 0 Å². The van der Waals surface area contributed by atoms with Gasteiger partial charge >= 0.3 is 0 Å². The molecule has 1 aromatic carbocycles. The van der Waals surface area contributed by atoms with Crippen molar-refractivity contribution in [2.45, 2.75) is 110 Å². The Balaban J connectivity index is 1.55. The normalized spacial score (nSPS) is 11.4. The highest BCUT2D eigenvalue weighted by atomic mass is 16.7. The van der Waals surface area contributed by atoms with Crippen molar-refractivity contribution in [1.29, 1.82) is 0 Å². The standard InChI is InChI=1S/C31H50N2O/c1-3-5-6-7-8-9-10-11-12-13-14-15-16-21-27-33(34-4-2)28-25-29-22-17-18-23-30(29)31-24-19-20-26-32-31/h17-20,22-24,26H,3-16,21,25,27-28H2,1-2H3. The zero-order valence-corrected chi connectivity index (χ0v) is 22.1. The molecule has 2 rings (SSSR count). The predicted molar refractivity (Wildman–Crippen MR) is 147 cm³/mol. The molecule has 3 heteroatoms. The molecule has 0 bridgehead atoms. The predicted octanol–water partition coefficient (Wildman–Crippen LogP) is 9.03. The highest BCUT2D eigenvalue weighted by Crippen LogP contribution is 2.22. The van der Waals surface area contributed by atoms with Crippen LogP contribution in [0.2, 0.25) is 0 Å². The first kappa shape index (κ1) is 28.5. The third-order valence-corrected chi connectivity index (χ3v) is 6.66. The number of benzene rings is 1. The average molecular weight is 467 g/mol. The Kier molecular flexibility index (Phi) is 16.4. The summed E-state index contributed by atoms with van der Waals surface area (Å²) in [7, 11) is 0. The number of rotatable bonds is 21. The van der Waals surface area contributed by atoms with E-state index in [9.17, 15) is 0 Å². The number of hydrogen-bond acceptors (Lipinski definition) is 3. The number of hydrogen-bond donors (Lipinski definition) is 0. The zero-order valence-electron chi connectivity index (χ0n) is 22.1. The molecule has 0 aliphatic rings. The van der Waals surface area contributed by atoms with Crippen molar-refractivity contribution in [3.05, 3.63) is 54.2 Å².